The van der Waals surface area contributed by atoms with Crippen molar-refractivity contribution >= 4 is 5.97 Å². The number of esters is 1. The van der Waals surface area contributed by atoms with E-state index in [0.717, 1.165) is 13.2 Å². The molecule has 1 aromatic rings. The highest BCUT2D eigenvalue weighted by molar-refractivity contribution is 5.87. The van der Waals surface area contributed by atoms with E-state index in [1.54, 1.807) is 6.92 Å². The van der Waals surface area contributed by atoms with E-state index in [9.17, 15) is 18.0 Å². The highest BCUT2D eigenvalue weighted by Crippen LogP contribution is 2.31. The lowest BCUT2D eigenvalue weighted by molar-refractivity contribution is 0.0516. The van der Waals surface area contributed by atoms with Gasteiger partial charge in [0.25, 0.3) is 6.43 Å². The molecule has 7 heteroatoms. The van der Waals surface area contributed by atoms with E-state index in [4.69, 9.17) is 0 Å². The number of ether oxygens (including phenoxy) is 2. The number of methoxy groups -OCH3 is 1. The monoisotopic (exact) mass is 249 g/mol. The number of halogens is 3. The minimum Gasteiger partial charge on any atom is -0.496 e. The first-order valence-electron chi connectivity index (χ1n) is 4.71. The molecule has 0 amide bonds. The maximum absolute atomic E-state index is 13.3. The molecule has 1 heterocycles. The van der Waals surface area contributed by atoms with Gasteiger partial charge in [-0.3, -0.25) is 0 Å². The summed E-state index contributed by atoms with van der Waals surface area (Å²) in [5.74, 6) is -2.77. The lowest BCUT2D eigenvalue weighted by Gasteiger charge is -2.09. The van der Waals surface area contributed by atoms with E-state index < -0.39 is 35.3 Å². The van der Waals surface area contributed by atoms with Crippen LogP contribution in [-0.2, 0) is 4.74 Å². The average molecular weight is 249 g/mol. The van der Waals surface area contributed by atoms with Crippen molar-refractivity contribution in [1.29, 1.82) is 0 Å². The Balaban J connectivity index is 3.22. The summed E-state index contributed by atoms with van der Waals surface area (Å²) in [4.78, 5) is 14.4. The molecule has 0 radical (unpaired) electrons. The molecule has 0 aliphatic carbocycles. The first-order valence-corrected chi connectivity index (χ1v) is 4.71. The Kier molecular flexibility index (Phi) is 4.30. The third-order valence-corrected chi connectivity index (χ3v) is 1.90. The zero-order chi connectivity index (χ0) is 13.0. The molecule has 0 fully saturated rings. The van der Waals surface area contributed by atoms with Gasteiger partial charge in [0.1, 0.15) is 11.3 Å². The number of alkyl halides is 2. The molecule has 0 bridgehead atoms. The van der Waals surface area contributed by atoms with Gasteiger partial charge in [0.05, 0.1) is 13.7 Å². The maximum atomic E-state index is 13.3. The molecule has 1 rings (SSSR count). The van der Waals surface area contributed by atoms with Crippen molar-refractivity contribution in [1.82, 2.24) is 4.98 Å². The largest absolute Gasteiger partial charge is 0.496 e. The van der Waals surface area contributed by atoms with Gasteiger partial charge in [-0.2, -0.15) is 4.39 Å². The number of nitrogens with zero attached hydrogens (tertiary/aromatic N) is 1. The van der Waals surface area contributed by atoms with Crippen LogP contribution in [0.25, 0.3) is 0 Å². The molecule has 1 aromatic heterocycles. The standard InChI is InChI=1S/C10H10F3NO3/c1-3-17-10(15)5-4-6(16-2)7(8(11)12)9(13)14-5/h4,8H,3H2,1-2H3. The predicted molar refractivity (Wildman–Crippen MR) is 51.7 cm³/mol. The second-order valence-electron chi connectivity index (χ2n) is 2.94. The van der Waals surface area contributed by atoms with Gasteiger partial charge in [0, 0.05) is 6.07 Å². The lowest BCUT2D eigenvalue weighted by atomic mass is 10.2. The number of hydrogen-bond donors (Lipinski definition) is 0. The van der Waals surface area contributed by atoms with Crippen molar-refractivity contribution in [2.45, 2.75) is 13.3 Å². The molecule has 4 nitrogen and oxygen atoms in total. The van der Waals surface area contributed by atoms with Gasteiger partial charge < -0.3 is 9.47 Å². The first kappa shape index (κ1) is 13.3. The molecule has 17 heavy (non-hydrogen) atoms. The Morgan fingerprint density at radius 3 is 2.65 bits per heavy atom. The van der Waals surface area contributed by atoms with Crippen molar-refractivity contribution in [3.8, 4) is 5.75 Å². The molecule has 0 saturated heterocycles. The molecule has 94 valence electrons. The van der Waals surface area contributed by atoms with Crippen LogP contribution in [0.3, 0.4) is 0 Å². The summed E-state index contributed by atoms with van der Waals surface area (Å²) in [7, 11) is 1.09. The second kappa shape index (κ2) is 5.51. The van der Waals surface area contributed by atoms with E-state index in [-0.39, 0.29) is 6.61 Å². The van der Waals surface area contributed by atoms with E-state index >= 15 is 0 Å². The summed E-state index contributed by atoms with van der Waals surface area (Å²) in [6.07, 6.45) is -3.08. The van der Waals surface area contributed by atoms with Crippen LogP contribution in [0.4, 0.5) is 13.2 Å². The van der Waals surface area contributed by atoms with Gasteiger partial charge in [-0.1, -0.05) is 0 Å². The summed E-state index contributed by atoms with van der Waals surface area (Å²) in [5.41, 5.74) is -1.38. The lowest BCUT2D eigenvalue weighted by Crippen LogP contribution is -2.10. The van der Waals surface area contributed by atoms with Crippen LogP contribution in [0, 0.1) is 5.95 Å². The highest BCUT2D eigenvalue weighted by atomic mass is 19.3. The number of carbonyl (C=O) groups is 1. The Morgan fingerprint density at radius 1 is 1.53 bits per heavy atom. The van der Waals surface area contributed by atoms with Gasteiger partial charge in [-0.05, 0) is 6.92 Å². The third kappa shape index (κ3) is 2.86. The number of carbonyl (C=O) groups excluding carboxylic acids is 1. The number of rotatable bonds is 4. The Morgan fingerprint density at radius 2 is 2.18 bits per heavy atom. The molecular formula is C10H10F3NO3. The molecule has 0 atom stereocenters. The zero-order valence-electron chi connectivity index (χ0n) is 9.17. The molecule has 0 N–H and O–H groups in total. The van der Waals surface area contributed by atoms with Gasteiger partial charge >= 0.3 is 5.97 Å². The normalized spacial score (nSPS) is 10.5. The zero-order valence-corrected chi connectivity index (χ0v) is 9.17. The van der Waals surface area contributed by atoms with Crippen LogP contribution in [0.15, 0.2) is 6.07 Å². The van der Waals surface area contributed by atoms with E-state index in [1.165, 1.54) is 0 Å². The van der Waals surface area contributed by atoms with Crippen LogP contribution in [0.1, 0.15) is 29.4 Å². The van der Waals surface area contributed by atoms with Crippen molar-refractivity contribution < 1.29 is 27.4 Å². The van der Waals surface area contributed by atoms with Crippen LogP contribution in [0.2, 0.25) is 0 Å². The highest BCUT2D eigenvalue weighted by Gasteiger charge is 2.24. The second-order valence-corrected chi connectivity index (χ2v) is 2.94. The number of hydrogen-bond acceptors (Lipinski definition) is 4. The fraction of sp³-hybridized carbons (Fsp3) is 0.400. The predicted octanol–water partition coefficient (Wildman–Crippen LogP) is 2.34. The van der Waals surface area contributed by atoms with Gasteiger partial charge in [0.15, 0.2) is 5.69 Å². The number of aromatic nitrogens is 1. The minimum absolute atomic E-state index is 0.0705. The van der Waals surface area contributed by atoms with Crippen molar-refractivity contribution in [2.24, 2.45) is 0 Å². The summed E-state index contributed by atoms with van der Waals surface area (Å²) in [5, 5.41) is 0. The SMILES string of the molecule is CCOC(=O)c1cc(OC)c(C(F)F)c(F)n1. The van der Waals surface area contributed by atoms with E-state index in [1.807, 2.05) is 0 Å². The molecule has 0 spiro atoms. The van der Waals surface area contributed by atoms with Crippen molar-refractivity contribution in [3.05, 3.63) is 23.3 Å². The topological polar surface area (TPSA) is 48.4 Å². The van der Waals surface area contributed by atoms with Crippen LogP contribution < -0.4 is 4.74 Å². The first-order chi connectivity index (χ1) is 8.01. The van der Waals surface area contributed by atoms with Crippen LogP contribution in [0.5, 0.6) is 5.75 Å². The van der Waals surface area contributed by atoms with Gasteiger partial charge in [-0.15, -0.1) is 0 Å². The van der Waals surface area contributed by atoms with E-state index in [0.29, 0.717) is 0 Å². The third-order valence-electron chi connectivity index (χ3n) is 1.90. The van der Waals surface area contributed by atoms with Gasteiger partial charge in [0.2, 0.25) is 5.95 Å². The number of pyridine rings is 1. The molecule has 0 aliphatic heterocycles. The quantitative estimate of drug-likeness (QED) is 0.607. The summed E-state index contributed by atoms with van der Waals surface area (Å²) in [6.45, 7) is 1.63. The fourth-order valence-corrected chi connectivity index (χ4v) is 1.18. The Labute approximate surface area is 95.4 Å². The molecule has 0 aliphatic rings. The van der Waals surface area contributed by atoms with Crippen molar-refractivity contribution in [3.63, 3.8) is 0 Å². The van der Waals surface area contributed by atoms with Crippen molar-refractivity contribution in [2.75, 3.05) is 13.7 Å². The Hall–Kier alpha value is -1.79. The molecule has 0 saturated carbocycles. The smallest absolute Gasteiger partial charge is 0.357 e. The minimum atomic E-state index is -3.08. The summed E-state index contributed by atoms with van der Waals surface area (Å²) in [6, 6.07) is 0.919. The molecule has 0 aromatic carbocycles. The summed E-state index contributed by atoms with van der Waals surface area (Å²) >= 11 is 0. The van der Waals surface area contributed by atoms with Gasteiger partial charge in [-0.25, -0.2) is 18.6 Å². The van der Waals surface area contributed by atoms with E-state index in [2.05, 4.69) is 14.5 Å². The fourth-order valence-electron chi connectivity index (χ4n) is 1.18. The maximum Gasteiger partial charge on any atom is 0.357 e. The molecule has 0 unspecified atom stereocenters. The average Bonchev–Trinajstić information content (AvgIpc) is 2.27. The molecular weight excluding hydrogens is 239 g/mol. The van der Waals surface area contributed by atoms with Crippen LogP contribution in [-0.4, -0.2) is 24.7 Å². The Bertz CT molecular complexity index is 424. The van der Waals surface area contributed by atoms with Crippen LogP contribution >= 0.6 is 0 Å². The summed E-state index contributed by atoms with van der Waals surface area (Å²) < 4.78 is 47.4.